The standard InChI is InChI=1S/C9H6BrCl2NO/c10-7-6(11)2-1-5(8(7)12)9-13-3-4-14-9/h1-2H,3-4H2. The molecule has 0 radical (unpaired) electrons. The van der Waals surface area contributed by atoms with Gasteiger partial charge in [0.1, 0.15) is 6.61 Å². The zero-order chi connectivity index (χ0) is 10.1. The molecule has 2 rings (SSSR count). The van der Waals surface area contributed by atoms with Crippen molar-refractivity contribution in [1.82, 2.24) is 0 Å². The van der Waals surface area contributed by atoms with Crippen molar-refractivity contribution in [3.63, 3.8) is 0 Å². The molecule has 1 aliphatic heterocycles. The molecule has 74 valence electrons. The monoisotopic (exact) mass is 293 g/mol. The van der Waals surface area contributed by atoms with Gasteiger partial charge < -0.3 is 4.74 Å². The Bertz CT molecular complexity index is 406. The van der Waals surface area contributed by atoms with Crippen molar-refractivity contribution in [2.75, 3.05) is 13.2 Å². The average Bonchev–Trinajstić information content (AvgIpc) is 2.67. The van der Waals surface area contributed by atoms with Gasteiger partial charge in [-0.05, 0) is 28.1 Å². The second kappa shape index (κ2) is 4.09. The molecular formula is C9H6BrCl2NO. The summed E-state index contributed by atoms with van der Waals surface area (Å²) >= 11 is 15.3. The van der Waals surface area contributed by atoms with E-state index in [-0.39, 0.29) is 0 Å². The number of nitrogens with zero attached hydrogens (tertiary/aromatic N) is 1. The summed E-state index contributed by atoms with van der Waals surface area (Å²) in [6.45, 7) is 1.30. The Morgan fingerprint density at radius 3 is 2.79 bits per heavy atom. The highest BCUT2D eigenvalue weighted by Crippen LogP contribution is 2.33. The van der Waals surface area contributed by atoms with E-state index in [1.165, 1.54) is 0 Å². The van der Waals surface area contributed by atoms with Crippen LogP contribution in [0.3, 0.4) is 0 Å². The molecule has 1 heterocycles. The molecule has 0 amide bonds. The topological polar surface area (TPSA) is 21.6 Å². The first-order chi connectivity index (χ1) is 6.70. The van der Waals surface area contributed by atoms with Crippen LogP contribution in [0.4, 0.5) is 0 Å². The van der Waals surface area contributed by atoms with Gasteiger partial charge in [-0.15, -0.1) is 0 Å². The summed E-state index contributed by atoms with van der Waals surface area (Å²) in [5.41, 5.74) is 0.778. The van der Waals surface area contributed by atoms with Crippen molar-refractivity contribution in [2.45, 2.75) is 0 Å². The van der Waals surface area contributed by atoms with Crippen molar-refractivity contribution < 1.29 is 4.74 Å². The molecule has 0 N–H and O–H groups in total. The van der Waals surface area contributed by atoms with Gasteiger partial charge in [-0.3, -0.25) is 0 Å². The summed E-state index contributed by atoms with van der Waals surface area (Å²) < 4.78 is 5.99. The molecule has 0 aromatic heterocycles. The number of hydrogen-bond acceptors (Lipinski definition) is 2. The summed E-state index contributed by atoms with van der Waals surface area (Å²) in [6.07, 6.45) is 0. The van der Waals surface area contributed by atoms with Crippen LogP contribution in [0.15, 0.2) is 21.6 Å². The second-order valence-electron chi connectivity index (χ2n) is 2.76. The van der Waals surface area contributed by atoms with Crippen LogP contribution < -0.4 is 0 Å². The van der Waals surface area contributed by atoms with E-state index in [1.54, 1.807) is 12.1 Å². The van der Waals surface area contributed by atoms with Gasteiger partial charge in [0, 0.05) is 0 Å². The molecule has 1 aliphatic rings. The maximum absolute atomic E-state index is 6.09. The maximum atomic E-state index is 6.09. The van der Waals surface area contributed by atoms with E-state index in [0.29, 0.717) is 33.6 Å². The van der Waals surface area contributed by atoms with E-state index >= 15 is 0 Å². The molecule has 1 aromatic rings. The number of benzene rings is 1. The predicted octanol–water partition coefficient (Wildman–Crippen LogP) is 3.53. The van der Waals surface area contributed by atoms with Gasteiger partial charge in [0.2, 0.25) is 5.90 Å². The number of halogens is 3. The van der Waals surface area contributed by atoms with Gasteiger partial charge in [-0.1, -0.05) is 23.2 Å². The van der Waals surface area contributed by atoms with Crippen LogP contribution in [0.25, 0.3) is 0 Å². The van der Waals surface area contributed by atoms with Crippen LogP contribution in [0.2, 0.25) is 10.0 Å². The highest BCUT2D eigenvalue weighted by Gasteiger charge is 2.16. The zero-order valence-corrected chi connectivity index (χ0v) is 10.2. The minimum Gasteiger partial charge on any atom is -0.475 e. The summed E-state index contributed by atoms with van der Waals surface area (Å²) in [7, 11) is 0. The molecule has 1 aromatic carbocycles. The lowest BCUT2D eigenvalue weighted by atomic mass is 10.2. The Kier molecular flexibility index (Phi) is 3.00. The van der Waals surface area contributed by atoms with Crippen molar-refractivity contribution in [1.29, 1.82) is 0 Å². The first-order valence-electron chi connectivity index (χ1n) is 4.01. The van der Waals surface area contributed by atoms with Crippen LogP contribution in [0.1, 0.15) is 5.56 Å². The van der Waals surface area contributed by atoms with E-state index in [1.807, 2.05) is 0 Å². The van der Waals surface area contributed by atoms with Gasteiger partial charge in [-0.25, -0.2) is 4.99 Å². The minimum absolute atomic E-state index is 0.540. The van der Waals surface area contributed by atoms with Gasteiger partial charge in [0.05, 0.1) is 26.6 Å². The Morgan fingerprint density at radius 1 is 1.36 bits per heavy atom. The quantitative estimate of drug-likeness (QED) is 0.726. The van der Waals surface area contributed by atoms with Crippen LogP contribution in [0.5, 0.6) is 0 Å². The van der Waals surface area contributed by atoms with Gasteiger partial charge >= 0.3 is 0 Å². The van der Waals surface area contributed by atoms with E-state index in [0.717, 1.165) is 5.56 Å². The molecule has 0 fully saturated rings. The van der Waals surface area contributed by atoms with E-state index in [4.69, 9.17) is 27.9 Å². The Balaban J connectivity index is 2.49. The van der Waals surface area contributed by atoms with Crippen molar-refractivity contribution in [3.8, 4) is 0 Å². The fourth-order valence-electron chi connectivity index (χ4n) is 1.19. The lowest BCUT2D eigenvalue weighted by Crippen LogP contribution is -2.02. The van der Waals surface area contributed by atoms with Crippen LogP contribution in [-0.2, 0) is 4.74 Å². The molecule has 0 aliphatic carbocycles. The normalized spacial score (nSPS) is 15.2. The van der Waals surface area contributed by atoms with E-state index in [2.05, 4.69) is 20.9 Å². The molecule has 14 heavy (non-hydrogen) atoms. The molecule has 5 heteroatoms. The fraction of sp³-hybridized carbons (Fsp3) is 0.222. The maximum Gasteiger partial charge on any atom is 0.217 e. The largest absolute Gasteiger partial charge is 0.475 e. The van der Waals surface area contributed by atoms with Crippen LogP contribution >= 0.6 is 39.1 Å². The Hall–Kier alpha value is -0.250. The van der Waals surface area contributed by atoms with Gasteiger partial charge in [-0.2, -0.15) is 0 Å². The third-order valence-electron chi connectivity index (χ3n) is 1.85. The SMILES string of the molecule is Clc1ccc(C2=NCCO2)c(Cl)c1Br. The molecular weight excluding hydrogens is 289 g/mol. The molecule has 0 saturated carbocycles. The molecule has 2 nitrogen and oxygen atoms in total. The summed E-state index contributed by atoms with van der Waals surface area (Å²) in [4.78, 5) is 4.18. The smallest absolute Gasteiger partial charge is 0.217 e. The first-order valence-corrected chi connectivity index (χ1v) is 5.56. The molecule has 0 unspecified atom stereocenters. The minimum atomic E-state index is 0.540. The number of rotatable bonds is 1. The number of aliphatic imine (C=N–C) groups is 1. The Morgan fingerprint density at radius 2 is 2.14 bits per heavy atom. The van der Waals surface area contributed by atoms with Crippen LogP contribution in [0, 0.1) is 0 Å². The number of ether oxygens (including phenoxy) is 1. The third-order valence-corrected chi connectivity index (χ3v) is 3.84. The molecule has 0 atom stereocenters. The molecule has 0 saturated heterocycles. The van der Waals surface area contributed by atoms with Crippen molar-refractivity contribution in [2.24, 2.45) is 4.99 Å². The highest BCUT2D eigenvalue weighted by atomic mass is 79.9. The van der Waals surface area contributed by atoms with Gasteiger partial charge in [0.25, 0.3) is 0 Å². The summed E-state index contributed by atoms with van der Waals surface area (Å²) in [5.74, 6) is 0.590. The third kappa shape index (κ3) is 1.76. The number of hydrogen-bond donors (Lipinski definition) is 0. The molecule has 0 bridgehead atoms. The van der Waals surface area contributed by atoms with Gasteiger partial charge in [0.15, 0.2) is 0 Å². The lowest BCUT2D eigenvalue weighted by Gasteiger charge is -2.06. The van der Waals surface area contributed by atoms with Crippen molar-refractivity contribution in [3.05, 3.63) is 32.2 Å². The van der Waals surface area contributed by atoms with Crippen LogP contribution in [-0.4, -0.2) is 19.0 Å². The Labute approximate surface area is 100 Å². The van der Waals surface area contributed by atoms with Crippen molar-refractivity contribution >= 4 is 45.0 Å². The zero-order valence-electron chi connectivity index (χ0n) is 7.06. The molecule has 0 spiro atoms. The predicted molar refractivity (Wildman–Crippen MR) is 61.5 cm³/mol. The second-order valence-corrected chi connectivity index (χ2v) is 4.34. The summed E-state index contributed by atoms with van der Waals surface area (Å²) in [6, 6.07) is 3.57. The van der Waals surface area contributed by atoms with E-state index < -0.39 is 0 Å². The average molecular weight is 295 g/mol. The summed E-state index contributed by atoms with van der Waals surface area (Å²) in [5, 5.41) is 1.12. The highest BCUT2D eigenvalue weighted by molar-refractivity contribution is 9.10. The van der Waals surface area contributed by atoms with E-state index in [9.17, 15) is 0 Å². The first kappa shape index (κ1) is 10.3. The fourth-order valence-corrected chi connectivity index (χ4v) is 1.99. The lowest BCUT2D eigenvalue weighted by molar-refractivity contribution is 0.348.